The fraction of sp³-hybridized carbons (Fsp3) is 0.955. The van der Waals surface area contributed by atoms with E-state index < -0.39 is 24.4 Å². The third-order valence-corrected chi connectivity index (χ3v) is 15.6. The van der Waals surface area contributed by atoms with Crippen LogP contribution in [0.3, 0.4) is 0 Å². The zero-order valence-corrected chi connectivity index (χ0v) is 22.7. The Balaban J connectivity index is 1.39. The molecule has 11 heteroatoms. The van der Waals surface area contributed by atoms with Crippen molar-refractivity contribution in [2.24, 2.45) is 5.92 Å². The monoisotopic (exact) mass is 602 g/mol. The summed E-state index contributed by atoms with van der Waals surface area (Å²) in [5.41, 5.74) is 6.46. The van der Waals surface area contributed by atoms with E-state index in [1.54, 1.807) is 6.92 Å². The van der Waals surface area contributed by atoms with Gasteiger partial charge in [0.25, 0.3) is 0 Å². The second-order valence-corrected chi connectivity index (χ2v) is 17.5. The second-order valence-electron chi connectivity index (χ2n) is 10.1. The Kier molecular flexibility index (Phi) is 9.52. The zero-order chi connectivity index (χ0) is 23.5. The van der Waals surface area contributed by atoms with Gasteiger partial charge in [0.2, 0.25) is 0 Å². The van der Waals surface area contributed by atoms with Crippen LogP contribution in [0.25, 0.3) is 0 Å². The van der Waals surface area contributed by atoms with E-state index in [1.807, 2.05) is 5.01 Å². The predicted octanol–water partition coefficient (Wildman–Crippen LogP) is 0.115. The van der Waals surface area contributed by atoms with Crippen molar-refractivity contribution in [1.82, 2.24) is 21.3 Å². The van der Waals surface area contributed by atoms with E-state index in [1.165, 1.54) is 0 Å². The Hall–Kier alpha value is 0.199. The number of carbonyl (C=O) groups is 1. The van der Waals surface area contributed by atoms with Crippen LogP contribution in [0.5, 0.6) is 0 Å². The Morgan fingerprint density at radius 2 is 1.97 bits per heavy atom. The van der Waals surface area contributed by atoms with Gasteiger partial charge in [-0.15, -0.1) is 0 Å². The van der Waals surface area contributed by atoms with E-state index in [0.717, 1.165) is 38.5 Å². The molecule has 0 radical (unpaired) electrons. The summed E-state index contributed by atoms with van der Waals surface area (Å²) < 4.78 is 14.0. The molecule has 5 unspecified atom stereocenters. The Morgan fingerprint density at radius 3 is 2.70 bits per heavy atom. The van der Waals surface area contributed by atoms with Crippen molar-refractivity contribution >= 4 is 35.8 Å². The van der Waals surface area contributed by atoms with Gasteiger partial charge >= 0.3 is 209 Å². The van der Waals surface area contributed by atoms with Crippen molar-refractivity contribution in [2.45, 2.75) is 108 Å². The molecule has 2 aliphatic heterocycles. The minimum atomic E-state index is -0.802. The molecule has 4 aliphatic rings. The quantitative estimate of drug-likeness (QED) is 0.240. The fourth-order valence-corrected chi connectivity index (χ4v) is 15.1. The molecule has 1 amide bonds. The van der Waals surface area contributed by atoms with Crippen LogP contribution in [0.2, 0.25) is 13.3 Å². The van der Waals surface area contributed by atoms with Crippen molar-refractivity contribution in [1.29, 1.82) is 0 Å². The van der Waals surface area contributed by atoms with Gasteiger partial charge in [0, 0.05) is 0 Å². The van der Waals surface area contributed by atoms with Crippen molar-refractivity contribution in [3.05, 3.63) is 0 Å². The number of hydrazine groups is 2. The number of nitrogens with zero attached hydrogens (tertiary/aromatic N) is 1. The average Bonchev–Trinajstić information content (AvgIpc) is 3.25. The number of alkyl halides is 1. The summed E-state index contributed by atoms with van der Waals surface area (Å²) >= 11 is 0.113. The van der Waals surface area contributed by atoms with Gasteiger partial charge in [-0.25, -0.2) is 0 Å². The van der Waals surface area contributed by atoms with Gasteiger partial charge in [0.15, 0.2) is 0 Å². The molecule has 0 spiro atoms. The van der Waals surface area contributed by atoms with Crippen LogP contribution >= 0.6 is 0 Å². The van der Waals surface area contributed by atoms with Gasteiger partial charge in [-0.05, 0) is 0 Å². The first-order valence-electron chi connectivity index (χ1n) is 12.3. The standard InChI is InChI=1S/C22H39FN4O4Se2/c1-12(29)24-15-6-3-7-16(9-15)32-22-21(31)19(20(30)18(11-28)33-22)27-10-17(25-26-27)13-4-2-5-14(23)8-13/h13-22,25-26,28,30-31H,2-11H2,1H3,(H,24,29)/t13?,14?,15?,16?,17?,18-,19+,20+,21-,22-/m1/s1. The third kappa shape index (κ3) is 6.50. The number of nitrogens with one attached hydrogen (secondary N) is 3. The molecule has 10 atom stereocenters. The predicted molar refractivity (Wildman–Crippen MR) is 125 cm³/mol. The molecule has 8 nitrogen and oxygen atoms in total. The van der Waals surface area contributed by atoms with Crippen molar-refractivity contribution in [3.63, 3.8) is 0 Å². The first-order valence-corrected chi connectivity index (χ1v) is 16.3. The number of hydrogen-bond donors (Lipinski definition) is 6. The minimum absolute atomic E-state index is 0.0119. The average molecular weight is 600 g/mol. The van der Waals surface area contributed by atoms with Gasteiger partial charge < -0.3 is 0 Å². The summed E-state index contributed by atoms with van der Waals surface area (Å²) in [5.74, 6) is 0.257. The van der Waals surface area contributed by atoms with Gasteiger partial charge in [-0.3, -0.25) is 0 Å². The SMILES string of the molecule is CC(=O)NC1CCCC([Se][C@@H]2[Se][C@H](CO)[C@H](O)[C@H](N3CC(C4CCCC(F)C4)NN3)[C@H]2O)C1. The first kappa shape index (κ1) is 26.3. The summed E-state index contributed by atoms with van der Waals surface area (Å²) in [5, 5.41) is 37.4. The molecule has 0 aromatic carbocycles. The Morgan fingerprint density at radius 1 is 1.18 bits per heavy atom. The summed E-state index contributed by atoms with van der Waals surface area (Å²) in [6.07, 6.45) is 5.06. The fourth-order valence-electron chi connectivity index (χ4n) is 5.89. The molecule has 6 N–H and O–H groups in total. The number of hydrogen-bond acceptors (Lipinski definition) is 7. The number of rotatable bonds is 6. The van der Waals surface area contributed by atoms with E-state index in [-0.39, 0.29) is 69.0 Å². The summed E-state index contributed by atoms with van der Waals surface area (Å²) in [6.45, 7) is 2.09. The molecule has 0 bridgehead atoms. The first-order chi connectivity index (χ1) is 15.9. The molecule has 2 heterocycles. The van der Waals surface area contributed by atoms with Crippen LogP contribution in [-0.4, -0.2) is 106 Å². The van der Waals surface area contributed by atoms with Gasteiger partial charge in [0.1, 0.15) is 0 Å². The van der Waals surface area contributed by atoms with Crippen molar-refractivity contribution in [3.8, 4) is 0 Å². The Bertz CT molecular complexity index is 668. The number of aliphatic hydroxyl groups is 3. The van der Waals surface area contributed by atoms with E-state index >= 15 is 0 Å². The van der Waals surface area contributed by atoms with E-state index in [4.69, 9.17) is 0 Å². The van der Waals surface area contributed by atoms with Crippen LogP contribution < -0.4 is 16.3 Å². The van der Waals surface area contributed by atoms with Gasteiger partial charge in [0.05, 0.1) is 0 Å². The molecule has 4 fully saturated rings. The number of amides is 1. The maximum atomic E-state index is 13.9. The van der Waals surface area contributed by atoms with Crippen molar-refractivity contribution in [2.75, 3.05) is 13.2 Å². The molecular formula is C22H39FN4O4Se2. The van der Waals surface area contributed by atoms with Crippen LogP contribution in [0.1, 0.15) is 58.3 Å². The molecule has 0 aromatic heterocycles. The second kappa shape index (κ2) is 12.0. The molecular weight excluding hydrogens is 561 g/mol. The Labute approximate surface area is 208 Å². The molecule has 2 saturated carbocycles. The number of carbonyl (C=O) groups excluding carboxylic acids is 1. The number of aliphatic hydroxyl groups excluding tert-OH is 3. The van der Waals surface area contributed by atoms with Crippen LogP contribution in [0.4, 0.5) is 4.39 Å². The van der Waals surface area contributed by atoms with Gasteiger partial charge in [-0.2, -0.15) is 0 Å². The summed E-state index contributed by atoms with van der Waals surface area (Å²) in [7, 11) is 0. The third-order valence-electron chi connectivity index (χ3n) is 7.58. The van der Waals surface area contributed by atoms with E-state index in [9.17, 15) is 24.5 Å². The number of halogens is 1. The van der Waals surface area contributed by atoms with Crippen LogP contribution in [0.15, 0.2) is 0 Å². The molecule has 2 saturated heterocycles. The summed E-state index contributed by atoms with van der Waals surface area (Å²) in [6, 6.07) is -0.197. The molecule has 4 rings (SSSR count). The molecule has 2 aliphatic carbocycles. The molecule has 33 heavy (non-hydrogen) atoms. The van der Waals surface area contributed by atoms with E-state index in [2.05, 4.69) is 16.3 Å². The normalized spacial score (nSPS) is 45.1. The topological polar surface area (TPSA) is 117 Å². The molecule has 0 aromatic rings. The van der Waals surface area contributed by atoms with Gasteiger partial charge in [-0.1, -0.05) is 0 Å². The van der Waals surface area contributed by atoms with Crippen LogP contribution in [0, 0.1) is 5.92 Å². The van der Waals surface area contributed by atoms with E-state index in [0.29, 0.717) is 24.2 Å². The maximum absolute atomic E-state index is 13.9. The van der Waals surface area contributed by atoms with Crippen molar-refractivity contribution < 1.29 is 24.5 Å². The zero-order valence-electron chi connectivity index (χ0n) is 19.2. The van der Waals surface area contributed by atoms with Crippen LogP contribution in [-0.2, 0) is 4.79 Å². The molecule has 190 valence electrons. The summed E-state index contributed by atoms with van der Waals surface area (Å²) in [4.78, 5) is 11.8.